The molecule has 2 aliphatic rings. The lowest BCUT2D eigenvalue weighted by Gasteiger charge is -2.27. The molecule has 0 saturated carbocycles. The number of ether oxygens (including phenoxy) is 1. The number of rotatable bonds is 5. The van der Waals surface area contributed by atoms with Crippen LogP contribution in [0.5, 0.6) is 5.88 Å². The van der Waals surface area contributed by atoms with Crippen LogP contribution in [-0.4, -0.2) is 69.7 Å². The summed E-state index contributed by atoms with van der Waals surface area (Å²) in [5, 5.41) is 13.1. The van der Waals surface area contributed by atoms with Gasteiger partial charge in [0.25, 0.3) is 11.8 Å². The number of carbonyl (C=O) groups is 6. The molecule has 6 amide bonds. The Morgan fingerprint density at radius 1 is 1.14 bits per heavy atom. The van der Waals surface area contributed by atoms with Gasteiger partial charge >= 0.3 is 11.8 Å². The van der Waals surface area contributed by atoms with Gasteiger partial charge in [0.2, 0.25) is 17.7 Å². The fourth-order valence-electron chi connectivity index (χ4n) is 3.67. The van der Waals surface area contributed by atoms with Gasteiger partial charge in [0.1, 0.15) is 11.9 Å². The van der Waals surface area contributed by atoms with Gasteiger partial charge < -0.3 is 15.4 Å². The number of carbonyl (C=O) groups excluding carboxylic acids is 6. The van der Waals surface area contributed by atoms with Crippen molar-refractivity contribution in [2.24, 2.45) is 0 Å². The Kier molecular flexibility index (Phi) is 6.77. The van der Waals surface area contributed by atoms with Crippen molar-refractivity contribution >= 4 is 41.3 Å². The number of nitrogens with zero attached hydrogens (tertiary/aromatic N) is 2. The largest absolute Gasteiger partial charge is 0.477 e. The standard InChI is InChI=1S/C23H20N6O7/c1-2-36-18-11-16(27-28-18)25-21(33)20(32)24-9-3-4-12-5-6-13-14(10-12)23(35)29(22(13)34)15-7-8-17(30)26-19(15)31/h5-6,10-11,15H,2,7-9H2,1H3,(H,24,32)(H,26,30,31)(H2,25,27,28,33). The Morgan fingerprint density at radius 3 is 2.67 bits per heavy atom. The van der Waals surface area contributed by atoms with Crippen molar-refractivity contribution in [3.63, 3.8) is 0 Å². The van der Waals surface area contributed by atoms with E-state index in [4.69, 9.17) is 4.74 Å². The van der Waals surface area contributed by atoms with E-state index in [2.05, 4.69) is 38.0 Å². The molecule has 0 bridgehead atoms. The van der Waals surface area contributed by atoms with Crippen LogP contribution in [0.4, 0.5) is 5.82 Å². The number of imide groups is 2. The lowest BCUT2D eigenvalue weighted by atomic mass is 10.0. The van der Waals surface area contributed by atoms with Crippen molar-refractivity contribution in [2.45, 2.75) is 25.8 Å². The Bertz CT molecular complexity index is 1350. The minimum Gasteiger partial charge on any atom is -0.477 e. The molecule has 1 aromatic heterocycles. The Labute approximate surface area is 203 Å². The maximum Gasteiger partial charge on any atom is 0.314 e. The number of anilines is 1. The van der Waals surface area contributed by atoms with Gasteiger partial charge in [-0.1, -0.05) is 11.8 Å². The highest BCUT2D eigenvalue weighted by atomic mass is 16.5. The highest BCUT2D eigenvalue weighted by Gasteiger charge is 2.44. The molecule has 0 aliphatic carbocycles. The van der Waals surface area contributed by atoms with Crippen LogP contribution in [-0.2, 0) is 19.2 Å². The van der Waals surface area contributed by atoms with Gasteiger partial charge in [-0.05, 0) is 31.5 Å². The fraction of sp³-hybridized carbons (Fsp3) is 0.261. The van der Waals surface area contributed by atoms with E-state index in [1.807, 2.05) is 0 Å². The molecule has 0 radical (unpaired) electrons. The molecule has 1 saturated heterocycles. The molecule has 4 N–H and O–H groups in total. The second-order valence-electron chi connectivity index (χ2n) is 7.70. The second kappa shape index (κ2) is 10.1. The molecular formula is C23H20N6O7. The summed E-state index contributed by atoms with van der Waals surface area (Å²) >= 11 is 0. The third-order valence-electron chi connectivity index (χ3n) is 5.31. The fourth-order valence-corrected chi connectivity index (χ4v) is 3.67. The zero-order chi connectivity index (χ0) is 25.8. The van der Waals surface area contributed by atoms with Crippen LogP contribution in [0.1, 0.15) is 46.0 Å². The quantitative estimate of drug-likeness (QED) is 0.241. The van der Waals surface area contributed by atoms with Crippen molar-refractivity contribution in [3.8, 4) is 17.7 Å². The van der Waals surface area contributed by atoms with Crippen LogP contribution in [0, 0.1) is 11.8 Å². The average molecular weight is 492 g/mol. The molecule has 3 heterocycles. The number of hydrogen-bond acceptors (Lipinski definition) is 8. The molecule has 4 rings (SSSR count). The molecule has 1 atom stereocenters. The van der Waals surface area contributed by atoms with Gasteiger partial charge in [-0.3, -0.25) is 44.1 Å². The molecule has 1 fully saturated rings. The number of amides is 6. The van der Waals surface area contributed by atoms with Crippen molar-refractivity contribution in [3.05, 3.63) is 41.0 Å². The van der Waals surface area contributed by atoms with E-state index in [-0.39, 0.29) is 42.2 Å². The maximum absolute atomic E-state index is 12.8. The van der Waals surface area contributed by atoms with E-state index in [0.29, 0.717) is 12.2 Å². The summed E-state index contributed by atoms with van der Waals surface area (Å²) in [5.74, 6) is 1.60. The monoisotopic (exact) mass is 492 g/mol. The summed E-state index contributed by atoms with van der Waals surface area (Å²) in [6.07, 6.45) is 0.0879. The smallest absolute Gasteiger partial charge is 0.314 e. The third-order valence-corrected chi connectivity index (χ3v) is 5.31. The van der Waals surface area contributed by atoms with E-state index in [0.717, 1.165) is 4.90 Å². The summed E-state index contributed by atoms with van der Waals surface area (Å²) in [6, 6.07) is 4.73. The normalized spacial score (nSPS) is 16.6. The van der Waals surface area contributed by atoms with Crippen LogP contribution in [0.25, 0.3) is 0 Å². The van der Waals surface area contributed by atoms with E-state index < -0.39 is 41.5 Å². The predicted molar refractivity (Wildman–Crippen MR) is 121 cm³/mol. The summed E-state index contributed by atoms with van der Waals surface area (Å²) in [5.41, 5.74) is 0.608. The van der Waals surface area contributed by atoms with E-state index in [9.17, 15) is 28.8 Å². The molecular weight excluding hydrogens is 472 g/mol. The van der Waals surface area contributed by atoms with Gasteiger partial charge in [-0.2, -0.15) is 0 Å². The van der Waals surface area contributed by atoms with Gasteiger partial charge in [0, 0.05) is 18.1 Å². The molecule has 1 aromatic carbocycles. The summed E-state index contributed by atoms with van der Waals surface area (Å²) in [6.45, 7) is 2.01. The molecule has 2 aromatic rings. The van der Waals surface area contributed by atoms with Crippen LogP contribution in [0.2, 0.25) is 0 Å². The Morgan fingerprint density at radius 2 is 1.92 bits per heavy atom. The van der Waals surface area contributed by atoms with E-state index in [1.54, 1.807) is 6.92 Å². The van der Waals surface area contributed by atoms with Crippen LogP contribution in [0.3, 0.4) is 0 Å². The molecule has 184 valence electrons. The molecule has 13 nitrogen and oxygen atoms in total. The molecule has 2 aliphatic heterocycles. The molecule has 13 heteroatoms. The van der Waals surface area contributed by atoms with E-state index >= 15 is 0 Å². The van der Waals surface area contributed by atoms with Gasteiger partial charge in [0.05, 0.1) is 24.3 Å². The molecule has 1 unspecified atom stereocenters. The highest BCUT2D eigenvalue weighted by Crippen LogP contribution is 2.28. The lowest BCUT2D eigenvalue weighted by Crippen LogP contribution is -2.54. The Balaban J connectivity index is 1.35. The van der Waals surface area contributed by atoms with Crippen molar-refractivity contribution < 1.29 is 33.5 Å². The zero-order valence-corrected chi connectivity index (χ0v) is 19.0. The maximum atomic E-state index is 12.8. The highest BCUT2D eigenvalue weighted by molar-refractivity contribution is 6.39. The van der Waals surface area contributed by atoms with Crippen LogP contribution >= 0.6 is 0 Å². The van der Waals surface area contributed by atoms with Crippen molar-refractivity contribution in [2.75, 3.05) is 18.5 Å². The summed E-state index contributed by atoms with van der Waals surface area (Å²) < 4.78 is 5.15. The first-order valence-electron chi connectivity index (χ1n) is 10.9. The molecule has 36 heavy (non-hydrogen) atoms. The lowest BCUT2D eigenvalue weighted by molar-refractivity contribution is -0.136. The minimum absolute atomic E-state index is 0.0283. The number of benzene rings is 1. The number of aromatic nitrogens is 2. The van der Waals surface area contributed by atoms with Gasteiger partial charge in [0.15, 0.2) is 0 Å². The predicted octanol–water partition coefficient (Wildman–Crippen LogP) is -0.684. The molecule has 0 spiro atoms. The first-order chi connectivity index (χ1) is 17.3. The minimum atomic E-state index is -1.06. The summed E-state index contributed by atoms with van der Waals surface area (Å²) in [4.78, 5) is 73.8. The second-order valence-corrected chi connectivity index (χ2v) is 7.70. The van der Waals surface area contributed by atoms with Gasteiger partial charge in [-0.25, -0.2) is 0 Å². The van der Waals surface area contributed by atoms with Crippen molar-refractivity contribution in [1.29, 1.82) is 0 Å². The SMILES string of the molecule is CCOc1cc(NC(=O)C(=O)NCC#Cc2ccc3c(c2)C(=O)N(C2CCC(=O)NC2=O)C3=O)[nH]n1. The van der Waals surface area contributed by atoms with Crippen molar-refractivity contribution in [1.82, 2.24) is 25.7 Å². The topological polar surface area (TPSA) is 180 Å². The first kappa shape index (κ1) is 24.1. The zero-order valence-electron chi connectivity index (χ0n) is 19.0. The number of piperidine rings is 1. The Hall–Kier alpha value is -4.99. The van der Waals surface area contributed by atoms with Crippen LogP contribution in [0.15, 0.2) is 24.3 Å². The van der Waals surface area contributed by atoms with E-state index in [1.165, 1.54) is 24.3 Å². The average Bonchev–Trinajstić information content (AvgIpc) is 3.38. The number of H-pyrrole nitrogens is 1. The number of nitrogens with one attached hydrogen (secondary N) is 4. The van der Waals surface area contributed by atoms with Gasteiger partial charge in [-0.15, -0.1) is 5.10 Å². The summed E-state index contributed by atoms with van der Waals surface area (Å²) in [7, 11) is 0. The number of fused-ring (bicyclic) bond motifs is 1. The third kappa shape index (κ3) is 4.92. The number of hydrogen-bond donors (Lipinski definition) is 4. The van der Waals surface area contributed by atoms with Crippen LogP contribution < -0.4 is 20.7 Å². The number of aromatic amines is 1. The first-order valence-corrected chi connectivity index (χ1v) is 10.9.